The molecule has 0 heterocycles. The van der Waals surface area contributed by atoms with Crippen molar-refractivity contribution in [1.29, 1.82) is 0 Å². The molecular formula is C8H8BrO. The minimum Gasteiger partial charge on any atom is -0.385 e. The Bertz CT molecular complexity index is 212. The molecule has 0 aromatic heterocycles. The molecular weight excluding hydrogens is 192 g/mol. The molecule has 0 spiro atoms. The predicted molar refractivity (Wildman–Crippen MR) is 44.2 cm³/mol. The summed E-state index contributed by atoms with van der Waals surface area (Å²) >= 11 is 3.32. The summed E-state index contributed by atoms with van der Waals surface area (Å²) in [7, 11) is 0. The molecule has 1 aromatic rings. The quantitative estimate of drug-likeness (QED) is 0.738. The van der Waals surface area contributed by atoms with Crippen LogP contribution in [0.4, 0.5) is 0 Å². The lowest BCUT2D eigenvalue weighted by molar-refractivity contribution is 0.415. The molecule has 0 saturated heterocycles. The first-order valence-electron chi connectivity index (χ1n) is 2.97. The first-order valence-corrected chi connectivity index (χ1v) is 3.76. The Balaban J connectivity index is 3.06. The summed E-state index contributed by atoms with van der Waals surface area (Å²) in [6.45, 7) is 3.08. The van der Waals surface area contributed by atoms with Crippen molar-refractivity contribution in [2.24, 2.45) is 0 Å². The molecule has 1 aromatic carbocycles. The number of hydrogen-bond acceptors (Lipinski definition) is 1. The van der Waals surface area contributed by atoms with Crippen LogP contribution in [0.1, 0.15) is 11.1 Å². The monoisotopic (exact) mass is 199 g/mol. The minimum absolute atomic E-state index is 0.826. The van der Waals surface area contributed by atoms with Gasteiger partial charge in [-0.2, -0.15) is 0 Å². The summed E-state index contributed by atoms with van der Waals surface area (Å²) in [5.41, 5.74) is 1.96. The molecule has 0 aliphatic rings. The summed E-state index contributed by atoms with van der Waals surface area (Å²) in [5, 5.41) is 8.64. The van der Waals surface area contributed by atoms with Crippen molar-refractivity contribution in [1.82, 2.24) is 0 Å². The van der Waals surface area contributed by atoms with Crippen molar-refractivity contribution in [2.45, 2.75) is 6.92 Å². The van der Waals surface area contributed by atoms with Gasteiger partial charge in [-0.1, -0.05) is 22.0 Å². The molecule has 0 aliphatic carbocycles. The Labute approximate surface area is 68.8 Å². The Morgan fingerprint density at radius 3 is 2.60 bits per heavy atom. The van der Waals surface area contributed by atoms with Crippen LogP contribution in [0.3, 0.4) is 0 Å². The van der Waals surface area contributed by atoms with Crippen molar-refractivity contribution in [3.05, 3.63) is 40.4 Å². The van der Waals surface area contributed by atoms with Gasteiger partial charge in [0.25, 0.3) is 0 Å². The van der Waals surface area contributed by atoms with Crippen molar-refractivity contribution >= 4 is 15.9 Å². The van der Waals surface area contributed by atoms with Crippen LogP contribution in [0.15, 0.2) is 22.7 Å². The molecule has 2 heteroatoms. The molecule has 1 radical (unpaired) electrons. The molecule has 1 N–H and O–H groups in total. The van der Waals surface area contributed by atoms with Crippen LogP contribution < -0.4 is 0 Å². The van der Waals surface area contributed by atoms with Crippen LogP contribution in [0.2, 0.25) is 0 Å². The summed E-state index contributed by atoms with van der Waals surface area (Å²) < 4.78 is 0.993. The van der Waals surface area contributed by atoms with E-state index in [9.17, 15) is 0 Å². The smallest absolute Gasteiger partial charge is 0.109 e. The number of benzene rings is 1. The van der Waals surface area contributed by atoms with E-state index in [1.807, 2.05) is 25.1 Å². The largest absolute Gasteiger partial charge is 0.385 e. The molecule has 0 unspecified atom stereocenters. The van der Waals surface area contributed by atoms with E-state index in [4.69, 9.17) is 5.11 Å². The number of hydrogen-bond donors (Lipinski definition) is 1. The van der Waals surface area contributed by atoms with Crippen molar-refractivity contribution in [2.75, 3.05) is 0 Å². The van der Waals surface area contributed by atoms with Gasteiger partial charge in [-0.15, -0.1) is 0 Å². The molecule has 0 atom stereocenters. The average Bonchev–Trinajstić information content (AvgIpc) is 1.85. The van der Waals surface area contributed by atoms with E-state index in [1.165, 1.54) is 0 Å². The van der Waals surface area contributed by atoms with Gasteiger partial charge in [0, 0.05) is 4.47 Å². The van der Waals surface area contributed by atoms with E-state index in [0.717, 1.165) is 22.2 Å². The SMILES string of the molecule is Cc1cc(Br)cc([CH]O)c1. The average molecular weight is 200 g/mol. The fraction of sp³-hybridized carbons (Fsp3) is 0.125. The summed E-state index contributed by atoms with van der Waals surface area (Å²) in [6.07, 6.45) is 0. The summed E-state index contributed by atoms with van der Waals surface area (Å²) in [4.78, 5) is 0. The zero-order valence-corrected chi connectivity index (χ0v) is 7.22. The summed E-state index contributed by atoms with van der Waals surface area (Å²) in [6, 6.07) is 5.75. The molecule has 1 nitrogen and oxygen atoms in total. The topological polar surface area (TPSA) is 20.2 Å². The second-order valence-electron chi connectivity index (χ2n) is 2.19. The Hall–Kier alpha value is -0.340. The van der Waals surface area contributed by atoms with Crippen LogP contribution >= 0.6 is 15.9 Å². The molecule has 0 aliphatic heterocycles. The first-order chi connectivity index (χ1) is 4.72. The lowest BCUT2D eigenvalue weighted by atomic mass is 10.1. The van der Waals surface area contributed by atoms with E-state index in [-0.39, 0.29) is 0 Å². The van der Waals surface area contributed by atoms with Crippen molar-refractivity contribution in [3.63, 3.8) is 0 Å². The van der Waals surface area contributed by atoms with E-state index in [0.29, 0.717) is 0 Å². The molecule has 10 heavy (non-hydrogen) atoms. The van der Waals surface area contributed by atoms with E-state index in [1.54, 1.807) is 0 Å². The van der Waals surface area contributed by atoms with Crippen LogP contribution in [-0.4, -0.2) is 5.11 Å². The van der Waals surface area contributed by atoms with Crippen LogP contribution in [0.5, 0.6) is 0 Å². The van der Waals surface area contributed by atoms with Crippen LogP contribution in [0, 0.1) is 13.5 Å². The third-order valence-electron chi connectivity index (χ3n) is 1.21. The maximum Gasteiger partial charge on any atom is 0.109 e. The minimum atomic E-state index is 0.826. The van der Waals surface area contributed by atoms with Gasteiger partial charge in [0.05, 0.1) is 0 Å². The van der Waals surface area contributed by atoms with E-state index >= 15 is 0 Å². The van der Waals surface area contributed by atoms with E-state index in [2.05, 4.69) is 15.9 Å². The second kappa shape index (κ2) is 3.17. The molecule has 0 saturated carbocycles. The van der Waals surface area contributed by atoms with Gasteiger partial charge in [-0.05, 0) is 30.2 Å². The highest BCUT2D eigenvalue weighted by molar-refractivity contribution is 9.10. The first kappa shape index (κ1) is 7.76. The number of halogens is 1. The number of rotatable bonds is 1. The highest BCUT2D eigenvalue weighted by atomic mass is 79.9. The van der Waals surface area contributed by atoms with Gasteiger partial charge in [0.1, 0.15) is 6.61 Å². The van der Waals surface area contributed by atoms with Gasteiger partial charge in [0.2, 0.25) is 0 Å². The normalized spacial score (nSPS) is 9.90. The van der Waals surface area contributed by atoms with Crippen LogP contribution in [-0.2, 0) is 0 Å². The number of aliphatic hydroxyl groups is 1. The van der Waals surface area contributed by atoms with Gasteiger partial charge >= 0.3 is 0 Å². The standard InChI is InChI=1S/C8H8BrO/c1-6-2-7(5-10)4-8(9)3-6/h2-5,10H,1H3. The number of aliphatic hydroxyl groups excluding tert-OH is 1. The fourth-order valence-corrected chi connectivity index (χ4v) is 1.46. The van der Waals surface area contributed by atoms with E-state index < -0.39 is 0 Å². The lowest BCUT2D eigenvalue weighted by Crippen LogP contribution is -1.81. The van der Waals surface area contributed by atoms with Crippen LogP contribution in [0.25, 0.3) is 0 Å². The highest BCUT2D eigenvalue weighted by Gasteiger charge is 1.93. The fourth-order valence-electron chi connectivity index (χ4n) is 0.839. The zero-order valence-electron chi connectivity index (χ0n) is 5.63. The Kier molecular flexibility index (Phi) is 2.46. The van der Waals surface area contributed by atoms with Gasteiger partial charge < -0.3 is 5.11 Å². The number of aryl methyl sites for hydroxylation is 1. The highest BCUT2D eigenvalue weighted by Crippen LogP contribution is 2.15. The third kappa shape index (κ3) is 1.82. The molecule has 0 amide bonds. The molecule has 53 valence electrons. The Morgan fingerprint density at radius 2 is 2.10 bits per heavy atom. The lowest BCUT2D eigenvalue weighted by Gasteiger charge is -1.98. The predicted octanol–water partition coefficient (Wildman–Crippen LogP) is 2.64. The molecule has 0 fully saturated rings. The van der Waals surface area contributed by atoms with Gasteiger partial charge in [-0.3, -0.25) is 0 Å². The second-order valence-corrected chi connectivity index (χ2v) is 3.11. The zero-order chi connectivity index (χ0) is 7.56. The molecule has 0 bridgehead atoms. The van der Waals surface area contributed by atoms with Gasteiger partial charge in [-0.25, -0.2) is 0 Å². The summed E-state index contributed by atoms with van der Waals surface area (Å²) in [5.74, 6) is 0. The maximum atomic E-state index is 8.64. The van der Waals surface area contributed by atoms with Gasteiger partial charge in [0.15, 0.2) is 0 Å². The van der Waals surface area contributed by atoms with Crippen molar-refractivity contribution < 1.29 is 5.11 Å². The maximum absolute atomic E-state index is 8.64. The van der Waals surface area contributed by atoms with Crippen molar-refractivity contribution in [3.8, 4) is 0 Å². The molecule has 1 rings (SSSR count). The third-order valence-corrected chi connectivity index (χ3v) is 1.67. The Morgan fingerprint density at radius 1 is 1.40 bits per heavy atom.